The molecule has 0 spiro atoms. The van der Waals surface area contributed by atoms with Crippen LogP contribution in [0.1, 0.15) is 0 Å². The maximum atomic E-state index is 9.22. The standard InChI is InChI=1S/C10H26N3O10P3/c1-18-25(22-9-16)6-3-11-24(20-7-14,21-8-15)5-4-12-26(13-25,19-2)23-10-17/h14-17H,3-10H2,1-2H3. The lowest BCUT2D eigenvalue weighted by Gasteiger charge is -2.28. The molecule has 0 amide bonds. The monoisotopic (exact) mass is 441 g/mol. The summed E-state index contributed by atoms with van der Waals surface area (Å²) in [4.78, 5) is 0. The number of nitrogens with zero attached hydrogens (tertiary/aromatic N) is 3. The van der Waals surface area contributed by atoms with Crippen molar-refractivity contribution < 1.29 is 47.6 Å². The van der Waals surface area contributed by atoms with E-state index in [9.17, 15) is 10.2 Å². The van der Waals surface area contributed by atoms with Crippen molar-refractivity contribution in [1.29, 1.82) is 0 Å². The molecule has 0 aromatic heterocycles. The molecule has 0 saturated carbocycles. The zero-order valence-electron chi connectivity index (χ0n) is 14.6. The molecule has 0 aromatic carbocycles. The van der Waals surface area contributed by atoms with Crippen LogP contribution in [-0.4, -0.2) is 87.2 Å². The molecule has 1 rings (SSSR count). The third-order valence-corrected chi connectivity index (χ3v) is 10.9. The molecule has 1 aliphatic heterocycles. The predicted octanol–water partition coefficient (Wildman–Crippen LogP) is 1.17. The Kier molecular flexibility index (Phi) is 11.2. The first-order valence-corrected chi connectivity index (χ1v) is 12.5. The number of aliphatic hydroxyl groups is 4. The van der Waals surface area contributed by atoms with Crippen LogP contribution in [0.4, 0.5) is 0 Å². The summed E-state index contributed by atoms with van der Waals surface area (Å²) in [6.45, 7) is -2.57. The van der Waals surface area contributed by atoms with E-state index in [0.717, 1.165) is 0 Å². The van der Waals surface area contributed by atoms with Gasteiger partial charge in [0.2, 0.25) is 15.0 Å². The zero-order chi connectivity index (χ0) is 19.5. The molecule has 0 aromatic rings. The van der Waals surface area contributed by atoms with Gasteiger partial charge in [0.1, 0.15) is 0 Å². The molecule has 0 fully saturated rings. The van der Waals surface area contributed by atoms with E-state index in [2.05, 4.69) is 14.0 Å². The minimum absolute atomic E-state index is 0.0330. The minimum atomic E-state index is -3.32. The zero-order valence-corrected chi connectivity index (χ0v) is 17.3. The normalized spacial score (nSPS) is 29.3. The lowest BCUT2D eigenvalue weighted by atomic mass is 10.8. The highest BCUT2D eigenvalue weighted by molar-refractivity contribution is 7.67. The van der Waals surface area contributed by atoms with Gasteiger partial charge >= 0.3 is 7.66 Å². The Morgan fingerprint density at radius 3 is 1.69 bits per heavy atom. The highest BCUT2D eigenvalue weighted by atomic mass is 31.2. The highest BCUT2D eigenvalue weighted by Gasteiger charge is 2.32. The lowest BCUT2D eigenvalue weighted by Crippen LogP contribution is -2.09. The lowest BCUT2D eigenvalue weighted by molar-refractivity contribution is 0.0523. The second-order valence-electron chi connectivity index (χ2n) is 4.43. The third-order valence-electron chi connectivity index (χ3n) is 3.14. The van der Waals surface area contributed by atoms with Gasteiger partial charge in [0.25, 0.3) is 0 Å². The fourth-order valence-electron chi connectivity index (χ4n) is 2.02. The van der Waals surface area contributed by atoms with Crippen molar-refractivity contribution in [1.82, 2.24) is 0 Å². The molecule has 2 atom stereocenters. The van der Waals surface area contributed by atoms with Crippen molar-refractivity contribution in [3.8, 4) is 0 Å². The molecule has 16 heteroatoms. The molecule has 0 saturated heterocycles. The van der Waals surface area contributed by atoms with Gasteiger partial charge in [0.15, 0.2) is 27.2 Å². The van der Waals surface area contributed by atoms with Crippen LogP contribution in [0.3, 0.4) is 0 Å². The molecule has 26 heavy (non-hydrogen) atoms. The summed E-state index contributed by atoms with van der Waals surface area (Å²) in [6, 6.07) is 0. The summed E-state index contributed by atoms with van der Waals surface area (Å²) in [5.74, 6) is 0. The molecule has 4 N–H and O–H groups in total. The molecule has 1 heterocycles. The smallest absolute Gasteiger partial charge is 0.340 e. The fraction of sp³-hybridized carbons (Fsp3) is 1.00. The number of rotatable bonds is 10. The van der Waals surface area contributed by atoms with Crippen molar-refractivity contribution in [3.63, 3.8) is 0 Å². The molecule has 13 nitrogen and oxygen atoms in total. The molecule has 0 radical (unpaired) electrons. The molecule has 0 bridgehead atoms. The Morgan fingerprint density at radius 2 is 1.19 bits per heavy atom. The Hall–Kier alpha value is 0.290. The van der Waals surface area contributed by atoms with Crippen molar-refractivity contribution in [2.24, 2.45) is 14.0 Å². The molecular formula is C10H26N3O10P3. The van der Waals surface area contributed by atoms with E-state index in [0.29, 0.717) is 0 Å². The van der Waals surface area contributed by atoms with Crippen LogP contribution in [-0.2, 0) is 27.1 Å². The summed E-state index contributed by atoms with van der Waals surface area (Å²) < 4.78 is 44.8. The van der Waals surface area contributed by atoms with E-state index in [1.807, 2.05) is 0 Å². The van der Waals surface area contributed by atoms with Gasteiger partial charge in [-0.1, -0.05) is 0 Å². The van der Waals surface area contributed by atoms with Crippen LogP contribution in [0, 0.1) is 0 Å². The average Bonchev–Trinajstić information content (AvgIpc) is 2.62. The summed E-state index contributed by atoms with van der Waals surface area (Å²) >= 11 is 0. The van der Waals surface area contributed by atoms with Crippen LogP contribution in [0.15, 0.2) is 14.0 Å². The fourth-order valence-corrected chi connectivity index (χ4v) is 8.80. The van der Waals surface area contributed by atoms with Crippen molar-refractivity contribution in [2.45, 2.75) is 0 Å². The molecule has 1 aliphatic rings. The first-order chi connectivity index (χ1) is 12.5. The maximum absolute atomic E-state index is 9.22. The van der Waals surface area contributed by atoms with Gasteiger partial charge in [-0.2, -0.15) is 4.52 Å². The van der Waals surface area contributed by atoms with Gasteiger partial charge in [-0.25, -0.2) is 4.74 Å². The van der Waals surface area contributed by atoms with Gasteiger partial charge < -0.3 is 29.5 Å². The van der Waals surface area contributed by atoms with Crippen LogP contribution in [0.5, 0.6) is 0 Å². The Bertz CT molecular complexity index is 577. The van der Waals surface area contributed by atoms with E-state index in [1.165, 1.54) is 14.2 Å². The first kappa shape index (κ1) is 24.3. The van der Waals surface area contributed by atoms with Crippen molar-refractivity contribution in [2.75, 3.05) is 66.8 Å². The van der Waals surface area contributed by atoms with Crippen LogP contribution in [0.25, 0.3) is 0 Å². The Morgan fingerprint density at radius 1 is 0.692 bits per heavy atom. The number of aliphatic hydroxyl groups excluding tert-OH is 4. The Labute approximate surface area is 151 Å². The van der Waals surface area contributed by atoms with E-state index < -0.39 is 49.8 Å². The topological polar surface area (TPSA) is 173 Å². The first-order valence-electron chi connectivity index (χ1n) is 7.40. The Balaban J connectivity index is 3.47. The number of hydrogen-bond acceptors (Lipinski definition) is 13. The summed E-state index contributed by atoms with van der Waals surface area (Å²) in [6.07, 6.45) is 0.230. The van der Waals surface area contributed by atoms with E-state index in [1.54, 1.807) is 0 Å². The minimum Gasteiger partial charge on any atom is -0.370 e. The van der Waals surface area contributed by atoms with Gasteiger partial charge in [0, 0.05) is 14.2 Å². The van der Waals surface area contributed by atoms with Gasteiger partial charge in [-0.3, -0.25) is 22.8 Å². The van der Waals surface area contributed by atoms with E-state index in [4.69, 9.17) is 37.4 Å². The second kappa shape index (κ2) is 12.0. The molecule has 156 valence electrons. The largest absolute Gasteiger partial charge is 0.370 e. The molecule has 0 aliphatic carbocycles. The average molecular weight is 441 g/mol. The maximum Gasteiger partial charge on any atom is 0.340 e. The predicted molar refractivity (Wildman–Crippen MR) is 94.2 cm³/mol. The van der Waals surface area contributed by atoms with Crippen LogP contribution >= 0.6 is 22.7 Å². The molecular weight excluding hydrogens is 415 g/mol. The molecule has 2 unspecified atom stereocenters. The van der Waals surface area contributed by atoms with Crippen LogP contribution in [0.2, 0.25) is 0 Å². The van der Waals surface area contributed by atoms with Crippen LogP contribution < -0.4 is 0 Å². The highest BCUT2D eigenvalue weighted by Crippen LogP contribution is 2.66. The van der Waals surface area contributed by atoms with Crippen molar-refractivity contribution in [3.05, 3.63) is 0 Å². The van der Waals surface area contributed by atoms with Gasteiger partial charge in [0.05, 0.1) is 25.4 Å². The van der Waals surface area contributed by atoms with Gasteiger partial charge in [-0.05, 0) is 0 Å². The SMILES string of the molecule is COP1(OCO)=NP(OC)(OCO)=NCCP(OCO)(OCO)=NCC1. The summed E-state index contributed by atoms with van der Waals surface area (Å²) in [5.41, 5.74) is 0. The summed E-state index contributed by atoms with van der Waals surface area (Å²) in [5, 5.41) is 36.7. The van der Waals surface area contributed by atoms with E-state index in [-0.39, 0.29) is 25.4 Å². The quantitative estimate of drug-likeness (QED) is 0.285. The second-order valence-corrected chi connectivity index (χ2v) is 11.9. The summed E-state index contributed by atoms with van der Waals surface area (Å²) in [7, 11) is -6.76. The van der Waals surface area contributed by atoms with E-state index >= 15 is 0 Å². The van der Waals surface area contributed by atoms with Gasteiger partial charge in [-0.15, -0.1) is 0 Å². The van der Waals surface area contributed by atoms with Crippen molar-refractivity contribution >= 4 is 22.7 Å². The number of hydrogen-bond donors (Lipinski definition) is 4. The third kappa shape index (κ3) is 6.72.